The van der Waals surface area contributed by atoms with Crippen molar-refractivity contribution < 1.29 is 4.39 Å². The van der Waals surface area contributed by atoms with Gasteiger partial charge >= 0.3 is 0 Å². The highest BCUT2D eigenvalue weighted by Gasteiger charge is 2.19. The summed E-state index contributed by atoms with van der Waals surface area (Å²) >= 11 is 1.52. The molecule has 0 aliphatic heterocycles. The Morgan fingerprint density at radius 2 is 2.04 bits per heavy atom. The van der Waals surface area contributed by atoms with Gasteiger partial charge in [-0.1, -0.05) is 6.92 Å². The van der Waals surface area contributed by atoms with E-state index in [1.54, 1.807) is 18.2 Å². The van der Waals surface area contributed by atoms with E-state index in [1.165, 1.54) is 23.5 Å². The molecule has 3 aromatic heterocycles. The molecule has 4 aromatic rings. The van der Waals surface area contributed by atoms with Crippen LogP contribution >= 0.6 is 11.3 Å². The summed E-state index contributed by atoms with van der Waals surface area (Å²) in [4.78, 5) is 14.3. The van der Waals surface area contributed by atoms with Gasteiger partial charge < -0.3 is 11.1 Å². The number of imidazole rings is 1. The Hall–Kier alpha value is -3.00. The second-order valence-electron chi connectivity index (χ2n) is 5.66. The summed E-state index contributed by atoms with van der Waals surface area (Å²) in [6.07, 6.45) is 3.90. The van der Waals surface area contributed by atoms with E-state index in [1.807, 2.05) is 29.3 Å². The van der Waals surface area contributed by atoms with Crippen LogP contribution in [0.5, 0.6) is 0 Å². The Kier molecular flexibility index (Phi) is 4.26. The summed E-state index contributed by atoms with van der Waals surface area (Å²) in [7, 11) is 0. The van der Waals surface area contributed by atoms with E-state index in [0.29, 0.717) is 24.0 Å². The first-order chi connectivity index (χ1) is 12.7. The van der Waals surface area contributed by atoms with Gasteiger partial charge in [0.05, 0.1) is 11.4 Å². The zero-order valence-corrected chi connectivity index (χ0v) is 14.8. The number of hydrogen-bond acceptors (Lipinski definition) is 6. The summed E-state index contributed by atoms with van der Waals surface area (Å²) in [5, 5.41) is 5.07. The van der Waals surface area contributed by atoms with Crippen molar-refractivity contribution in [2.75, 3.05) is 17.6 Å². The quantitative estimate of drug-likeness (QED) is 0.559. The fraction of sp³-hybridized carbons (Fsp3) is 0.111. The van der Waals surface area contributed by atoms with E-state index in [9.17, 15) is 4.39 Å². The molecule has 1 aromatic carbocycles. The highest BCUT2D eigenvalue weighted by Crippen LogP contribution is 2.34. The number of rotatable bonds is 5. The van der Waals surface area contributed by atoms with Crippen LogP contribution in [0, 0.1) is 12.2 Å². The summed E-state index contributed by atoms with van der Waals surface area (Å²) in [6, 6.07) is 7.98. The molecule has 0 aliphatic carbocycles. The number of aromatic nitrogens is 4. The zero-order chi connectivity index (χ0) is 18.1. The number of halogens is 1. The van der Waals surface area contributed by atoms with Gasteiger partial charge in [-0.25, -0.2) is 14.4 Å². The highest BCUT2D eigenvalue weighted by molar-refractivity contribution is 7.15. The molecule has 3 N–H and O–H groups in total. The smallest absolute Gasteiger partial charge is 0.225 e. The maximum absolute atomic E-state index is 13.3. The minimum absolute atomic E-state index is 0.287. The first kappa shape index (κ1) is 16.5. The van der Waals surface area contributed by atoms with E-state index < -0.39 is 0 Å². The minimum atomic E-state index is -0.287. The van der Waals surface area contributed by atoms with Crippen molar-refractivity contribution >= 4 is 28.1 Å². The Balaban J connectivity index is 1.90. The van der Waals surface area contributed by atoms with Crippen LogP contribution < -0.4 is 11.1 Å². The molecule has 0 saturated heterocycles. The molecular formula is C18H16FN6S. The number of thiazole rings is 1. The molecule has 0 unspecified atom stereocenters. The van der Waals surface area contributed by atoms with Crippen molar-refractivity contribution in [3.63, 3.8) is 0 Å². The number of nitrogens with two attached hydrogens (primary N) is 1. The number of anilines is 2. The van der Waals surface area contributed by atoms with Crippen LogP contribution in [0.1, 0.15) is 6.92 Å². The lowest BCUT2D eigenvalue weighted by molar-refractivity contribution is 0.628. The predicted molar refractivity (Wildman–Crippen MR) is 102 cm³/mol. The molecule has 0 atom stereocenters. The van der Waals surface area contributed by atoms with E-state index in [0.717, 1.165) is 21.9 Å². The maximum Gasteiger partial charge on any atom is 0.225 e. The van der Waals surface area contributed by atoms with Gasteiger partial charge in [0.1, 0.15) is 17.3 Å². The molecular weight excluding hydrogens is 351 g/mol. The standard InChI is InChI=1S/C18H16FN6S/c1-2-7-21-17-22-13(10-14(20)23-17)16-15(11-3-5-12(19)6-4-11)24-18-25(16)8-9-26-18/h2-6,8-10H,7H2,1H3,(H3,20,21,22,23). The maximum atomic E-state index is 13.3. The first-order valence-electron chi connectivity index (χ1n) is 8.04. The van der Waals surface area contributed by atoms with Crippen LogP contribution in [0.2, 0.25) is 0 Å². The normalized spacial score (nSPS) is 11.2. The molecule has 26 heavy (non-hydrogen) atoms. The number of nitrogens with one attached hydrogen (secondary N) is 1. The van der Waals surface area contributed by atoms with E-state index >= 15 is 0 Å². The fourth-order valence-electron chi connectivity index (χ4n) is 2.70. The van der Waals surface area contributed by atoms with Crippen molar-refractivity contribution in [2.45, 2.75) is 6.92 Å². The second-order valence-corrected chi connectivity index (χ2v) is 6.54. The van der Waals surface area contributed by atoms with Crippen molar-refractivity contribution in [1.82, 2.24) is 19.4 Å². The Bertz CT molecular complexity index is 1050. The van der Waals surface area contributed by atoms with Crippen molar-refractivity contribution in [1.29, 1.82) is 0 Å². The number of hydrogen-bond donors (Lipinski definition) is 2. The topological polar surface area (TPSA) is 81.1 Å². The summed E-state index contributed by atoms with van der Waals surface area (Å²) in [5.41, 5.74) is 8.97. The van der Waals surface area contributed by atoms with Gasteiger partial charge in [0.2, 0.25) is 5.95 Å². The SMILES string of the molecule is C[CH]CNc1nc(N)cc(-c2c(-c3ccc(F)cc3)nc3sccn23)n1. The molecule has 0 spiro atoms. The summed E-state index contributed by atoms with van der Waals surface area (Å²) in [6.45, 7) is 2.58. The third-order valence-corrected chi connectivity index (χ3v) is 4.59. The lowest BCUT2D eigenvalue weighted by Crippen LogP contribution is -2.07. The molecule has 8 heteroatoms. The van der Waals surface area contributed by atoms with Crippen LogP contribution in [0.3, 0.4) is 0 Å². The van der Waals surface area contributed by atoms with Crippen molar-refractivity contribution in [2.24, 2.45) is 0 Å². The number of benzene rings is 1. The highest BCUT2D eigenvalue weighted by atomic mass is 32.1. The number of nitrogens with zero attached hydrogens (tertiary/aromatic N) is 4. The third-order valence-electron chi connectivity index (χ3n) is 3.83. The van der Waals surface area contributed by atoms with Crippen molar-refractivity contribution in [3.05, 3.63) is 54.1 Å². The molecule has 0 aliphatic rings. The Morgan fingerprint density at radius 3 is 2.81 bits per heavy atom. The summed E-state index contributed by atoms with van der Waals surface area (Å²) in [5.74, 6) is 0.530. The second kappa shape index (κ2) is 6.72. The van der Waals surface area contributed by atoms with Gasteiger partial charge in [-0.3, -0.25) is 4.40 Å². The molecule has 0 bridgehead atoms. The third kappa shape index (κ3) is 2.99. The molecule has 131 valence electrons. The average molecular weight is 367 g/mol. The summed E-state index contributed by atoms with van der Waals surface area (Å²) < 4.78 is 15.3. The fourth-order valence-corrected chi connectivity index (χ4v) is 3.41. The number of fused-ring (bicyclic) bond motifs is 1. The minimum Gasteiger partial charge on any atom is -0.384 e. The van der Waals surface area contributed by atoms with E-state index in [2.05, 4.69) is 15.3 Å². The van der Waals surface area contributed by atoms with Crippen molar-refractivity contribution in [3.8, 4) is 22.6 Å². The molecule has 4 rings (SSSR count). The van der Waals surface area contributed by atoms with Crippen LogP contribution in [0.15, 0.2) is 41.9 Å². The average Bonchev–Trinajstić information content (AvgIpc) is 3.21. The molecule has 0 fully saturated rings. The molecule has 6 nitrogen and oxygen atoms in total. The van der Waals surface area contributed by atoms with Crippen LogP contribution in [-0.4, -0.2) is 25.9 Å². The van der Waals surface area contributed by atoms with E-state index in [-0.39, 0.29) is 5.82 Å². The molecule has 3 heterocycles. The Labute approximate surface area is 153 Å². The lowest BCUT2D eigenvalue weighted by atomic mass is 10.1. The van der Waals surface area contributed by atoms with Crippen LogP contribution in [0.4, 0.5) is 16.2 Å². The molecule has 0 saturated carbocycles. The van der Waals surface area contributed by atoms with E-state index in [4.69, 9.17) is 10.7 Å². The van der Waals surface area contributed by atoms with Gasteiger partial charge in [-0.15, -0.1) is 11.3 Å². The monoisotopic (exact) mass is 367 g/mol. The zero-order valence-electron chi connectivity index (χ0n) is 14.0. The van der Waals surface area contributed by atoms with Gasteiger partial charge in [0.15, 0.2) is 4.96 Å². The number of nitrogen functional groups attached to an aromatic ring is 1. The first-order valence-corrected chi connectivity index (χ1v) is 8.92. The molecule has 1 radical (unpaired) electrons. The van der Waals surface area contributed by atoms with Gasteiger partial charge in [0.25, 0.3) is 0 Å². The largest absolute Gasteiger partial charge is 0.384 e. The Morgan fingerprint density at radius 1 is 1.23 bits per heavy atom. The molecule has 0 amide bonds. The predicted octanol–water partition coefficient (Wildman–Crippen LogP) is 3.88. The van der Waals surface area contributed by atoms with Crippen LogP contribution in [0.25, 0.3) is 27.6 Å². The van der Waals surface area contributed by atoms with Gasteiger partial charge in [-0.2, -0.15) is 4.98 Å². The van der Waals surface area contributed by atoms with Gasteiger partial charge in [0, 0.05) is 29.8 Å². The lowest BCUT2D eigenvalue weighted by Gasteiger charge is -2.08. The van der Waals surface area contributed by atoms with Crippen LogP contribution in [-0.2, 0) is 0 Å². The van der Waals surface area contributed by atoms with Gasteiger partial charge in [-0.05, 0) is 30.7 Å².